The van der Waals surface area contributed by atoms with Crippen molar-refractivity contribution in [2.24, 2.45) is 0 Å². The van der Waals surface area contributed by atoms with Gasteiger partial charge in [0.1, 0.15) is 0 Å². The molecule has 188 valence electrons. The van der Waals surface area contributed by atoms with Crippen molar-refractivity contribution in [3.05, 3.63) is 70.5 Å². The summed E-state index contributed by atoms with van der Waals surface area (Å²) in [7, 11) is -3.73. The van der Waals surface area contributed by atoms with Gasteiger partial charge in [0, 0.05) is 55.4 Å². The maximum Gasteiger partial charge on any atom is 0.252 e. The number of amides is 1. The number of para-hydroxylation sites is 1. The Hall–Kier alpha value is -3.17. The van der Waals surface area contributed by atoms with Crippen molar-refractivity contribution in [2.75, 3.05) is 37.6 Å². The molecule has 9 heteroatoms. The lowest BCUT2D eigenvalue weighted by atomic mass is 10.1. The molecule has 0 aliphatic rings. The highest BCUT2D eigenvalue weighted by molar-refractivity contribution is 7.89. The number of fused-ring (bicyclic) bond motifs is 1. The van der Waals surface area contributed by atoms with Crippen LogP contribution in [0.5, 0.6) is 0 Å². The Morgan fingerprint density at radius 3 is 2.37 bits per heavy atom. The zero-order chi connectivity index (χ0) is 25.4. The number of sulfonamides is 1. The molecule has 0 atom stereocenters. The summed E-state index contributed by atoms with van der Waals surface area (Å²) in [4.78, 5) is 30.2. The number of carbonyl (C=O) groups excluding carboxylic acids is 1. The first kappa shape index (κ1) is 26.4. The van der Waals surface area contributed by atoms with E-state index in [0.29, 0.717) is 37.1 Å². The molecule has 2 aromatic carbocycles. The van der Waals surface area contributed by atoms with Gasteiger partial charge in [0.2, 0.25) is 15.6 Å². The molecule has 0 fully saturated rings. The number of pyridine rings is 1. The number of aromatic amines is 1. The highest BCUT2D eigenvalue weighted by Crippen LogP contribution is 2.23. The number of hydrogen-bond donors (Lipinski definition) is 2. The molecule has 0 saturated carbocycles. The Labute approximate surface area is 207 Å². The van der Waals surface area contributed by atoms with Crippen molar-refractivity contribution in [2.45, 2.75) is 38.5 Å². The molecule has 0 unspecified atom stereocenters. The molecule has 0 saturated heterocycles. The Kier molecular flexibility index (Phi) is 9.06. The van der Waals surface area contributed by atoms with Crippen LogP contribution in [0.15, 0.2) is 64.3 Å². The van der Waals surface area contributed by atoms with E-state index in [1.807, 2.05) is 44.2 Å². The molecule has 2 N–H and O–H groups in total. The molecule has 1 heterocycles. The number of nitrogens with zero attached hydrogens (tertiary/aromatic N) is 2. The van der Waals surface area contributed by atoms with Crippen LogP contribution in [-0.2, 0) is 10.0 Å². The van der Waals surface area contributed by atoms with Crippen LogP contribution in [0.2, 0.25) is 0 Å². The topological polar surface area (TPSA) is 103 Å². The van der Waals surface area contributed by atoms with Gasteiger partial charge in [0.15, 0.2) is 0 Å². The number of nitrogens with one attached hydrogen (secondary N) is 2. The van der Waals surface area contributed by atoms with E-state index in [-0.39, 0.29) is 10.5 Å². The number of likely N-dealkylation sites (N-methyl/N-ethyl adjacent to an activating group) is 1. The van der Waals surface area contributed by atoms with Crippen LogP contribution >= 0.6 is 0 Å². The lowest BCUT2D eigenvalue weighted by Gasteiger charge is -2.23. The van der Waals surface area contributed by atoms with Gasteiger partial charge in [0.05, 0.1) is 10.5 Å². The molecular weight excluding hydrogens is 464 g/mol. The second-order valence-corrected chi connectivity index (χ2v) is 10.2. The van der Waals surface area contributed by atoms with E-state index in [1.54, 1.807) is 13.0 Å². The van der Waals surface area contributed by atoms with Crippen LogP contribution in [-0.4, -0.2) is 56.3 Å². The Balaban J connectivity index is 1.86. The molecule has 3 rings (SSSR count). The van der Waals surface area contributed by atoms with Gasteiger partial charge < -0.3 is 15.2 Å². The number of aromatic nitrogens is 1. The van der Waals surface area contributed by atoms with E-state index in [4.69, 9.17) is 0 Å². The zero-order valence-corrected chi connectivity index (χ0v) is 21.4. The lowest BCUT2D eigenvalue weighted by Crippen LogP contribution is -2.35. The summed E-state index contributed by atoms with van der Waals surface area (Å²) in [5, 5.41) is 3.27. The van der Waals surface area contributed by atoms with Gasteiger partial charge in [-0.05, 0) is 43.7 Å². The highest BCUT2D eigenvalue weighted by atomic mass is 32.2. The van der Waals surface area contributed by atoms with Crippen molar-refractivity contribution in [3.8, 4) is 0 Å². The van der Waals surface area contributed by atoms with Gasteiger partial charge in [0.25, 0.3) is 5.91 Å². The zero-order valence-electron chi connectivity index (χ0n) is 20.6. The van der Waals surface area contributed by atoms with Crippen molar-refractivity contribution in [3.63, 3.8) is 0 Å². The molecule has 8 nitrogen and oxygen atoms in total. The quantitative estimate of drug-likeness (QED) is 0.397. The molecule has 0 aliphatic carbocycles. The average Bonchev–Trinajstić information content (AvgIpc) is 2.86. The summed E-state index contributed by atoms with van der Waals surface area (Å²) in [5.74, 6) is -0.418. The van der Waals surface area contributed by atoms with Crippen molar-refractivity contribution in [1.29, 1.82) is 0 Å². The third-order valence-corrected chi connectivity index (χ3v) is 7.95. The number of carbonyl (C=O) groups is 1. The lowest BCUT2D eigenvalue weighted by molar-refractivity contribution is 0.0956. The van der Waals surface area contributed by atoms with E-state index in [1.165, 1.54) is 22.5 Å². The Bertz CT molecular complexity index is 1310. The summed E-state index contributed by atoms with van der Waals surface area (Å²) in [5.41, 5.74) is 1.21. The predicted molar refractivity (Wildman–Crippen MR) is 141 cm³/mol. The molecule has 0 bridgehead atoms. The predicted octanol–water partition coefficient (Wildman–Crippen LogP) is 3.60. The second kappa shape index (κ2) is 12.0. The first-order chi connectivity index (χ1) is 16.8. The Morgan fingerprint density at radius 1 is 0.971 bits per heavy atom. The molecule has 3 aromatic rings. The normalized spacial score (nSPS) is 11.7. The number of unbranched alkanes of at least 4 members (excludes halogenated alkanes) is 1. The summed E-state index contributed by atoms with van der Waals surface area (Å²) < 4.78 is 27.9. The fourth-order valence-electron chi connectivity index (χ4n) is 4.02. The van der Waals surface area contributed by atoms with Gasteiger partial charge in [-0.15, -0.1) is 0 Å². The number of benzene rings is 2. The van der Waals surface area contributed by atoms with Crippen LogP contribution in [0, 0.1) is 0 Å². The number of rotatable bonds is 12. The third-order valence-electron chi connectivity index (χ3n) is 5.98. The van der Waals surface area contributed by atoms with Crippen LogP contribution in [0.3, 0.4) is 0 Å². The van der Waals surface area contributed by atoms with Crippen LogP contribution in [0.4, 0.5) is 5.69 Å². The monoisotopic (exact) mass is 498 g/mol. The summed E-state index contributed by atoms with van der Waals surface area (Å²) >= 11 is 0. The fraction of sp³-hybridized carbons (Fsp3) is 0.385. The van der Waals surface area contributed by atoms with Gasteiger partial charge in [-0.3, -0.25) is 9.59 Å². The average molecular weight is 499 g/mol. The van der Waals surface area contributed by atoms with E-state index in [9.17, 15) is 18.0 Å². The SMILES string of the molecule is CCCCN(CC)S(=O)(=O)c1ccc2[nH]c(=O)cc(C(=O)NCCN(CC)c3ccccc3)c2c1. The standard InChI is InChI=1S/C26H34N4O4S/c1-4-7-16-30(6-3)35(33,34)21-13-14-24-22(18-21)23(19-25(31)28-24)26(32)27-15-17-29(5-2)20-11-9-8-10-12-20/h8-14,18-19H,4-7,15-17H2,1-3H3,(H,27,32)(H,28,31). The van der Waals surface area contributed by atoms with Gasteiger partial charge in [-0.25, -0.2) is 8.42 Å². The van der Waals surface area contributed by atoms with Crippen molar-refractivity contribution < 1.29 is 13.2 Å². The molecule has 1 amide bonds. The maximum atomic E-state index is 13.2. The van der Waals surface area contributed by atoms with Crippen LogP contribution in [0.25, 0.3) is 10.9 Å². The molecule has 35 heavy (non-hydrogen) atoms. The highest BCUT2D eigenvalue weighted by Gasteiger charge is 2.24. The minimum absolute atomic E-state index is 0.102. The molecular formula is C26H34N4O4S. The summed E-state index contributed by atoms with van der Waals surface area (Å²) in [6, 6.07) is 15.6. The summed E-state index contributed by atoms with van der Waals surface area (Å²) in [6.07, 6.45) is 1.65. The molecule has 0 aliphatic heterocycles. The summed E-state index contributed by atoms with van der Waals surface area (Å²) in [6.45, 7) is 8.39. The maximum absolute atomic E-state index is 13.2. The smallest absolute Gasteiger partial charge is 0.252 e. The second-order valence-electron chi connectivity index (χ2n) is 8.28. The van der Waals surface area contributed by atoms with Gasteiger partial charge in [-0.1, -0.05) is 38.5 Å². The third kappa shape index (κ3) is 6.29. The van der Waals surface area contributed by atoms with Gasteiger partial charge in [-0.2, -0.15) is 4.31 Å². The number of hydrogen-bond acceptors (Lipinski definition) is 5. The number of anilines is 1. The van der Waals surface area contributed by atoms with Crippen LogP contribution in [0.1, 0.15) is 44.0 Å². The first-order valence-electron chi connectivity index (χ1n) is 12.1. The molecule has 1 aromatic heterocycles. The Morgan fingerprint density at radius 2 is 1.71 bits per heavy atom. The first-order valence-corrected chi connectivity index (χ1v) is 13.5. The van der Waals surface area contributed by atoms with E-state index in [0.717, 1.165) is 25.1 Å². The van der Waals surface area contributed by atoms with E-state index in [2.05, 4.69) is 15.2 Å². The number of H-pyrrole nitrogens is 1. The minimum atomic E-state index is -3.73. The van der Waals surface area contributed by atoms with Crippen molar-refractivity contribution in [1.82, 2.24) is 14.6 Å². The minimum Gasteiger partial charge on any atom is -0.370 e. The van der Waals surface area contributed by atoms with Crippen LogP contribution < -0.4 is 15.8 Å². The van der Waals surface area contributed by atoms with Crippen molar-refractivity contribution >= 4 is 32.5 Å². The van der Waals surface area contributed by atoms with E-state index >= 15 is 0 Å². The molecule has 0 spiro atoms. The fourth-order valence-corrected chi connectivity index (χ4v) is 5.54. The van der Waals surface area contributed by atoms with Gasteiger partial charge >= 0.3 is 0 Å². The molecule has 0 radical (unpaired) electrons. The van der Waals surface area contributed by atoms with E-state index < -0.39 is 21.5 Å². The largest absolute Gasteiger partial charge is 0.370 e.